The Morgan fingerprint density at radius 2 is 2.04 bits per heavy atom. The quantitative estimate of drug-likeness (QED) is 0.768. The SMILES string of the molecule is CN(C)C1(CNC(=O)C2(n3cccn3)CCNCC2)CCSC1.Cl.Cl. The predicted octanol–water partition coefficient (Wildman–Crippen LogP) is 1.36. The highest BCUT2D eigenvalue weighted by Crippen LogP contribution is 2.32. The number of amides is 1. The molecule has 0 radical (unpaired) electrons. The molecule has 6 nitrogen and oxygen atoms in total. The number of aromatic nitrogens is 2. The average molecular weight is 410 g/mol. The van der Waals surface area contributed by atoms with E-state index in [0.29, 0.717) is 6.54 Å². The summed E-state index contributed by atoms with van der Waals surface area (Å²) in [6, 6.07) is 1.89. The van der Waals surface area contributed by atoms with Crippen LogP contribution in [0.15, 0.2) is 18.5 Å². The van der Waals surface area contributed by atoms with E-state index in [2.05, 4.69) is 34.7 Å². The lowest BCUT2D eigenvalue weighted by atomic mass is 9.86. The van der Waals surface area contributed by atoms with E-state index in [4.69, 9.17) is 0 Å². The summed E-state index contributed by atoms with van der Waals surface area (Å²) in [6.45, 7) is 2.41. The fourth-order valence-electron chi connectivity index (χ4n) is 3.58. The van der Waals surface area contributed by atoms with Crippen LogP contribution in [0.4, 0.5) is 0 Å². The summed E-state index contributed by atoms with van der Waals surface area (Å²) in [6.07, 6.45) is 6.36. The van der Waals surface area contributed by atoms with E-state index < -0.39 is 5.54 Å². The van der Waals surface area contributed by atoms with Gasteiger partial charge in [-0.05, 0) is 58.3 Å². The van der Waals surface area contributed by atoms with Crippen molar-refractivity contribution in [2.24, 2.45) is 0 Å². The highest BCUT2D eigenvalue weighted by Gasteiger charge is 2.44. The van der Waals surface area contributed by atoms with Crippen LogP contribution in [0.25, 0.3) is 0 Å². The van der Waals surface area contributed by atoms with Crippen LogP contribution in [-0.2, 0) is 10.3 Å². The molecule has 1 aromatic rings. The third-order valence-corrected chi connectivity index (χ3v) is 6.64. The fourth-order valence-corrected chi connectivity index (χ4v) is 5.13. The third-order valence-electron chi connectivity index (χ3n) is 5.41. The number of likely N-dealkylation sites (N-methyl/N-ethyl adjacent to an activating group) is 1. The average Bonchev–Trinajstić information content (AvgIpc) is 3.25. The van der Waals surface area contributed by atoms with Crippen LogP contribution in [0.2, 0.25) is 0 Å². The smallest absolute Gasteiger partial charge is 0.248 e. The van der Waals surface area contributed by atoms with Gasteiger partial charge < -0.3 is 15.5 Å². The minimum Gasteiger partial charge on any atom is -0.352 e. The maximum Gasteiger partial charge on any atom is 0.248 e. The predicted molar refractivity (Wildman–Crippen MR) is 108 cm³/mol. The van der Waals surface area contributed by atoms with Gasteiger partial charge in [-0.1, -0.05) is 0 Å². The lowest BCUT2D eigenvalue weighted by Gasteiger charge is -2.40. The van der Waals surface area contributed by atoms with Crippen LogP contribution in [-0.4, -0.2) is 71.4 Å². The van der Waals surface area contributed by atoms with Crippen molar-refractivity contribution in [3.63, 3.8) is 0 Å². The van der Waals surface area contributed by atoms with Crippen LogP contribution in [0.1, 0.15) is 19.3 Å². The first kappa shape index (κ1) is 22.6. The molecule has 9 heteroatoms. The van der Waals surface area contributed by atoms with E-state index in [-0.39, 0.29) is 36.3 Å². The van der Waals surface area contributed by atoms with Gasteiger partial charge in [0.1, 0.15) is 5.54 Å². The van der Waals surface area contributed by atoms with E-state index >= 15 is 0 Å². The van der Waals surface area contributed by atoms with Gasteiger partial charge in [0.25, 0.3) is 0 Å². The molecule has 2 aliphatic rings. The Kier molecular flexibility index (Phi) is 8.54. The molecule has 0 aromatic carbocycles. The number of hydrogen-bond donors (Lipinski definition) is 2. The van der Waals surface area contributed by atoms with E-state index in [9.17, 15) is 4.79 Å². The summed E-state index contributed by atoms with van der Waals surface area (Å²) < 4.78 is 1.86. The summed E-state index contributed by atoms with van der Waals surface area (Å²) in [7, 11) is 4.23. The molecule has 3 rings (SSSR count). The molecule has 0 bridgehead atoms. The number of hydrogen-bond acceptors (Lipinski definition) is 5. The molecule has 1 atom stereocenters. The zero-order valence-corrected chi connectivity index (χ0v) is 17.3. The number of nitrogens with one attached hydrogen (secondary N) is 2. The molecule has 2 saturated heterocycles. The Bertz CT molecular complexity index is 529. The van der Waals surface area contributed by atoms with Crippen LogP contribution >= 0.6 is 36.6 Å². The Morgan fingerprint density at radius 1 is 1.32 bits per heavy atom. The fraction of sp³-hybridized carbons (Fsp3) is 0.750. The summed E-state index contributed by atoms with van der Waals surface area (Å²) in [5.74, 6) is 2.36. The second-order valence-electron chi connectivity index (χ2n) is 6.84. The van der Waals surface area contributed by atoms with Crippen molar-refractivity contribution in [1.29, 1.82) is 0 Å². The normalized spacial score (nSPS) is 25.1. The number of piperidine rings is 1. The highest BCUT2D eigenvalue weighted by molar-refractivity contribution is 7.99. The van der Waals surface area contributed by atoms with E-state index in [1.165, 1.54) is 5.75 Å². The first-order valence-electron chi connectivity index (χ1n) is 8.33. The van der Waals surface area contributed by atoms with Gasteiger partial charge >= 0.3 is 0 Å². The lowest BCUT2D eigenvalue weighted by molar-refractivity contribution is -0.132. The van der Waals surface area contributed by atoms with Gasteiger partial charge in [-0.25, -0.2) is 0 Å². The minimum absolute atomic E-state index is 0. The molecule has 2 aliphatic heterocycles. The van der Waals surface area contributed by atoms with Gasteiger partial charge in [0.05, 0.1) is 0 Å². The first-order valence-corrected chi connectivity index (χ1v) is 9.49. The number of carbonyl (C=O) groups excluding carboxylic acids is 1. The topological polar surface area (TPSA) is 62.2 Å². The Balaban J connectivity index is 0.00000156. The van der Waals surface area contributed by atoms with Crippen molar-refractivity contribution in [3.05, 3.63) is 18.5 Å². The molecule has 25 heavy (non-hydrogen) atoms. The van der Waals surface area contributed by atoms with Gasteiger partial charge in [-0.2, -0.15) is 16.9 Å². The first-order chi connectivity index (χ1) is 11.1. The van der Waals surface area contributed by atoms with E-state index in [1.807, 2.05) is 28.7 Å². The second-order valence-corrected chi connectivity index (χ2v) is 7.94. The number of carbonyl (C=O) groups is 1. The monoisotopic (exact) mass is 409 g/mol. The van der Waals surface area contributed by atoms with Gasteiger partial charge in [0.2, 0.25) is 5.91 Å². The summed E-state index contributed by atoms with van der Waals surface area (Å²) >= 11 is 1.97. The van der Waals surface area contributed by atoms with Gasteiger partial charge in [-0.3, -0.25) is 9.48 Å². The molecular formula is C16H29Cl2N5OS. The van der Waals surface area contributed by atoms with Crippen LogP contribution < -0.4 is 10.6 Å². The van der Waals surface area contributed by atoms with Crippen molar-refractivity contribution in [2.75, 3.05) is 45.2 Å². The summed E-state index contributed by atoms with van der Waals surface area (Å²) in [5, 5.41) is 11.0. The number of thioether (sulfide) groups is 1. The molecular weight excluding hydrogens is 381 g/mol. The Hall–Kier alpha value is -0.470. The zero-order chi connectivity index (χ0) is 16.3. The minimum atomic E-state index is -0.548. The van der Waals surface area contributed by atoms with Crippen molar-refractivity contribution in [2.45, 2.75) is 30.3 Å². The van der Waals surface area contributed by atoms with Crippen LogP contribution in [0.3, 0.4) is 0 Å². The molecule has 1 aromatic heterocycles. The van der Waals surface area contributed by atoms with Gasteiger partial charge in [-0.15, -0.1) is 24.8 Å². The molecule has 1 unspecified atom stereocenters. The van der Waals surface area contributed by atoms with E-state index in [1.54, 1.807) is 6.20 Å². The summed E-state index contributed by atoms with van der Waals surface area (Å²) in [4.78, 5) is 15.4. The molecule has 144 valence electrons. The maximum absolute atomic E-state index is 13.1. The largest absolute Gasteiger partial charge is 0.352 e. The number of nitrogens with zero attached hydrogens (tertiary/aromatic N) is 3. The van der Waals surface area contributed by atoms with Crippen molar-refractivity contribution < 1.29 is 4.79 Å². The lowest BCUT2D eigenvalue weighted by Crippen LogP contribution is -2.59. The zero-order valence-electron chi connectivity index (χ0n) is 14.9. The molecule has 0 spiro atoms. The van der Waals surface area contributed by atoms with Gasteiger partial charge in [0, 0.05) is 30.2 Å². The van der Waals surface area contributed by atoms with Crippen LogP contribution in [0.5, 0.6) is 0 Å². The van der Waals surface area contributed by atoms with Crippen molar-refractivity contribution in [1.82, 2.24) is 25.3 Å². The molecule has 0 aliphatic carbocycles. The number of rotatable bonds is 5. The number of halogens is 2. The van der Waals surface area contributed by atoms with Gasteiger partial charge in [0.15, 0.2) is 0 Å². The van der Waals surface area contributed by atoms with Crippen molar-refractivity contribution in [3.8, 4) is 0 Å². The molecule has 0 saturated carbocycles. The second kappa shape index (κ2) is 9.46. The molecule has 1 amide bonds. The third kappa shape index (κ3) is 4.45. The molecule has 2 fully saturated rings. The Morgan fingerprint density at radius 3 is 2.56 bits per heavy atom. The Labute approximate surface area is 166 Å². The maximum atomic E-state index is 13.1. The standard InChI is InChI=1S/C16H27N5OS.2ClH/c1-20(2)15(6-11-23-13-15)12-18-14(22)16(4-8-17-9-5-16)21-10-3-7-19-21;;/h3,7,10,17H,4-6,8-9,11-13H2,1-2H3,(H,18,22);2*1H. The van der Waals surface area contributed by atoms with Crippen LogP contribution in [0, 0.1) is 0 Å². The highest BCUT2D eigenvalue weighted by atomic mass is 35.5. The van der Waals surface area contributed by atoms with Crippen molar-refractivity contribution >= 4 is 42.5 Å². The molecule has 3 heterocycles. The van der Waals surface area contributed by atoms with E-state index in [0.717, 1.165) is 38.1 Å². The summed E-state index contributed by atoms with van der Waals surface area (Å²) in [5.41, 5.74) is -0.466. The molecule has 2 N–H and O–H groups in total.